The zero-order valence-corrected chi connectivity index (χ0v) is 10.2. The predicted molar refractivity (Wildman–Crippen MR) is 67.1 cm³/mol. The maximum absolute atomic E-state index is 9.87. The lowest BCUT2D eigenvalue weighted by Gasteiger charge is -2.31. The Morgan fingerprint density at radius 2 is 2.25 bits per heavy atom. The number of rotatable bonds is 3. The summed E-state index contributed by atoms with van der Waals surface area (Å²) in [5.41, 5.74) is 2.28. The van der Waals surface area contributed by atoms with Gasteiger partial charge >= 0.3 is 0 Å². The van der Waals surface area contributed by atoms with E-state index < -0.39 is 0 Å². The molecule has 1 aliphatic rings. The number of likely N-dealkylation sites (N-methyl/N-ethyl adjacent to an activating group) is 1. The van der Waals surface area contributed by atoms with Crippen LogP contribution in [-0.2, 0) is 6.42 Å². The number of benzene rings is 1. The Balaban J connectivity index is 2.37. The topological polar surface area (TPSA) is 35.5 Å². The van der Waals surface area contributed by atoms with Crippen molar-refractivity contribution >= 4 is 5.69 Å². The molecule has 1 atom stereocenters. The third-order valence-corrected chi connectivity index (χ3v) is 3.23. The van der Waals surface area contributed by atoms with Crippen LogP contribution in [0, 0.1) is 0 Å². The minimum absolute atomic E-state index is 0.432. The molecule has 88 valence electrons. The quantitative estimate of drug-likeness (QED) is 0.814. The molecule has 0 spiro atoms. The molecule has 0 bridgehead atoms. The first-order valence-corrected chi connectivity index (χ1v) is 5.89. The molecule has 0 aliphatic carbocycles. The summed E-state index contributed by atoms with van der Waals surface area (Å²) in [5.74, 6) is 0.432. The number of nitrogens with zero attached hydrogens (tertiary/aromatic N) is 1. The third kappa shape index (κ3) is 1.76. The molecule has 1 aromatic carbocycles. The van der Waals surface area contributed by atoms with Gasteiger partial charge in [0.15, 0.2) is 0 Å². The van der Waals surface area contributed by atoms with Crippen molar-refractivity contribution in [2.75, 3.05) is 18.5 Å². The number of hydrogen-bond acceptors (Lipinski definition) is 3. The average molecular weight is 220 g/mol. The second kappa shape index (κ2) is 4.34. The normalized spacial score (nSPS) is 19.2. The molecule has 0 saturated heterocycles. The Morgan fingerprint density at radius 1 is 1.50 bits per heavy atom. The summed E-state index contributed by atoms with van der Waals surface area (Å²) in [6, 6.07) is 6.71. The van der Waals surface area contributed by atoms with Crippen molar-refractivity contribution in [2.45, 2.75) is 32.4 Å². The number of aromatic hydroxyl groups is 1. The van der Waals surface area contributed by atoms with Crippen molar-refractivity contribution in [2.24, 2.45) is 0 Å². The molecule has 2 rings (SSSR count). The van der Waals surface area contributed by atoms with Crippen molar-refractivity contribution in [1.29, 1.82) is 0 Å². The van der Waals surface area contributed by atoms with Gasteiger partial charge in [0.25, 0.3) is 0 Å². The highest BCUT2D eigenvalue weighted by atomic mass is 16.3. The summed E-state index contributed by atoms with van der Waals surface area (Å²) in [4.78, 5) is 2.39. The number of nitrogens with one attached hydrogen (secondary N) is 1. The van der Waals surface area contributed by atoms with E-state index >= 15 is 0 Å². The maximum Gasteiger partial charge on any atom is 0.120 e. The van der Waals surface area contributed by atoms with Crippen molar-refractivity contribution in [3.8, 4) is 5.75 Å². The van der Waals surface area contributed by atoms with Crippen LogP contribution in [0.2, 0.25) is 0 Å². The number of phenolic OH excluding ortho intramolecular Hbond substituents is 1. The zero-order chi connectivity index (χ0) is 11.7. The second-order valence-electron chi connectivity index (χ2n) is 4.69. The third-order valence-electron chi connectivity index (χ3n) is 3.23. The van der Waals surface area contributed by atoms with E-state index in [1.807, 2.05) is 13.1 Å². The molecule has 0 fully saturated rings. The van der Waals surface area contributed by atoms with Crippen molar-refractivity contribution in [3.63, 3.8) is 0 Å². The number of fused-ring (bicyclic) bond motifs is 1. The predicted octanol–water partition coefficient (Wildman–Crippen LogP) is 1.75. The van der Waals surface area contributed by atoms with Crippen LogP contribution in [0.3, 0.4) is 0 Å². The molecule has 3 heteroatoms. The van der Waals surface area contributed by atoms with Crippen LogP contribution < -0.4 is 10.2 Å². The van der Waals surface area contributed by atoms with E-state index in [1.54, 1.807) is 6.07 Å². The molecule has 1 heterocycles. The summed E-state index contributed by atoms with van der Waals surface area (Å²) < 4.78 is 0. The van der Waals surface area contributed by atoms with Gasteiger partial charge < -0.3 is 15.3 Å². The Labute approximate surface area is 97.1 Å². The molecule has 3 nitrogen and oxygen atoms in total. The molecule has 1 unspecified atom stereocenters. The van der Waals surface area contributed by atoms with Gasteiger partial charge in [0.2, 0.25) is 0 Å². The maximum atomic E-state index is 9.87. The Bertz CT molecular complexity index is 376. The summed E-state index contributed by atoms with van der Waals surface area (Å²) in [7, 11) is 1.97. The van der Waals surface area contributed by atoms with E-state index in [-0.39, 0.29) is 0 Å². The van der Waals surface area contributed by atoms with Crippen molar-refractivity contribution < 1.29 is 5.11 Å². The van der Waals surface area contributed by atoms with E-state index in [9.17, 15) is 5.11 Å². The van der Waals surface area contributed by atoms with Crippen molar-refractivity contribution in [3.05, 3.63) is 23.8 Å². The minimum atomic E-state index is 0.432. The van der Waals surface area contributed by atoms with Crippen LogP contribution in [0.1, 0.15) is 19.4 Å². The lowest BCUT2D eigenvalue weighted by molar-refractivity contribution is 0.467. The monoisotopic (exact) mass is 220 g/mol. The highest BCUT2D eigenvalue weighted by molar-refractivity contribution is 5.64. The molecule has 1 aliphatic heterocycles. The molecule has 0 radical (unpaired) electrons. The molecule has 1 aromatic rings. The molecule has 2 N–H and O–H groups in total. The van der Waals surface area contributed by atoms with Crippen LogP contribution in [0.15, 0.2) is 18.2 Å². The van der Waals surface area contributed by atoms with Crippen LogP contribution >= 0.6 is 0 Å². The number of hydrogen-bond donors (Lipinski definition) is 2. The van der Waals surface area contributed by atoms with E-state index in [1.165, 1.54) is 5.69 Å². The van der Waals surface area contributed by atoms with E-state index in [0.29, 0.717) is 17.8 Å². The first kappa shape index (κ1) is 11.3. The van der Waals surface area contributed by atoms with Gasteiger partial charge in [-0.25, -0.2) is 0 Å². The smallest absolute Gasteiger partial charge is 0.120 e. The highest BCUT2D eigenvalue weighted by Crippen LogP contribution is 2.38. The molecule has 16 heavy (non-hydrogen) atoms. The van der Waals surface area contributed by atoms with E-state index in [4.69, 9.17) is 0 Å². The first-order chi connectivity index (χ1) is 7.65. The van der Waals surface area contributed by atoms with Crippen LogP contribution in [-0.4, -0.2) is 30.8 Å². The lowest BCUT2D eigenvalue weighted by Crippen LogP contribution is -2.43. The van der Waals surface area contributed by atoms with Crippen molar-refractivity contribution in [1.82, 2.24) is 5.32 Å². The van der Waals surface area contributed by atoms with Gasteiger partial charge in [0, 0.05) is 29.9 Å². The lowest BCUT2D eigenvalue weighted by atomic mass is 10.1. The molecule has 0 aromatic heterocycles. The fourth-order valence-electron chi connectivity index (χ4n) is 2.65. The second-order valence-corrected chi connectivity index (χ2v) is 4.69. The minimum Gasteiger partial charge on any atom is -0.508 e. The molecule has 0 amide bonds. The fourth-order valence-corrected chi connectivity index (χ4v) is 2.65. The van der Waals surface area contributed by atoms with Gasteiger partial charge in [0.1, 0.15) is 5.75 Å². The molecular formula is C13H20N2O. The van der Waals surface area contributed by atoms with Crippen LogP contribution in [0.25, 0.3) is 0 Å². The van der Waals surface area contributed by atoms with Gasteiger partial charge in [-0.2, -0.15) is 0 Å². The Hall–Kier alpha value is -1.22. The zero-order valence-electron chi connectivity index (χ0n) is 10.2. The van der Waals surface area contributed by atoms with Crippen LogP contribution in [0.5, 0.6) is 5.75 Å². The Kier molecular flexibility index (Phi) is 3.06. The largest absolute Gasteiger partial charge is 0.508 e. The highest BCUT2D eigenvalue weighted by Gasteiger charge is 2.31. The summed E-state index contributed by atoms with van der Waals surface area (Å²) >= 11 is 0. The molecule has 0 saturated carbocycles. The standard InChI is InChI=1S/C13H20N2O/c1-9(2)15-10(8-14-3)7-11-12(15)5-4-6-13(11)16/h4-6,9-10,14,16H,7-8H2,1-3H3. The van der Waals surface area contributed by atoms with Crippen LogP contribution in [0.4, 0.5) is 5.69 Å². The number of anilines is 1. The summed E-state index contributed by atoms with van der Waals surface area (Å²) in [6.45, 7) is 5.34. The van der Waals surface area contributed by atoms with Gasteiger partial charge in [-0.1, -0.05) is 6.07 Å². The van der Waals surface area contributed by atoms with Gasteiger partial charge in [-0.15, -0.1) is 0 Å². The summed E-state index contributed by atoms with van der Waals surface area (Å²) in [6.07, 6.45) is 0.932. The SMILES string of the molecule is CNCC1Cc2c(O)cccc2N1C(C)C. The van der Waals surface area contributed by atoms with Gasteiger partial charge in [-0.05, 0) is 39.4 Å². The number of phenols is 1. The first-order valence-electron chi connectivity index (χ1n) is 5.89. The summed E-state index contributed by atoms with van der Waals surface area (Å²) in [5, 5.41) is 13.1. The van der Waals surface area contributed by atoms with E-state index in [0.717, 1.165) is 18.5 Å². The van der Waals surface area contributed by atoms with E-state index in [2.05, 4.69) is 30.1 Å². The van der Waals surface area contributed by atoms with Gasteiger partial charge in [0.05, 0.1) is 0 Å². The van der Waals surface area contributed by atoms with Gasteiger partial charge in [-0.3, -0.25) is 0 Å². The average Bonchev–Trinajstić information content (AvgIpc) is 2.58. The molecular weight excluding hydrogens is 200 g/mol. The fraction of sp³-hybridized carbons (Fsp3) is 0.538. The Morgan fingerprint density at radius 3 is 2.88 bits per heavy atom.